The highest BCUT2D eigenvalue weighted by molar-refractivity contribution is 7.18. The average molecular weight is 537 g/mol. The maximum Gasteiger partial charge on any atom is 0.451 e. The van der Waals surface area contributed by atoms with Gasteiger partial charge in [-0.15, -0.1) is 21.5 Å². The van der Waals surface area contributed by atoms with E-state index in [2.05, 4.69) is 33.4 Å². The molecule has 9 nitrogen and oxygen atoms in total. The van der Waals surface area contributed by atoms with Gasteiger partial charge in [0.25, 0.3) is 0 Å². The molecule has 5 heterocycles. The molecule has 1 fully saturated rings. The van der Waals surface area contributed by atoms with Gasteiger partial charge in [0, 0.05) is 43.0 Å². The van der Waals surface area contributed by atoms with Gasteiger partial charge in [0.2, 0.25) is 17.7 Å². The standard InChI is InChI=1S/C24H31F3N8OS/c1-4-5-16-12-17-19(34-10-11-35-18(13-34)31-32-22(35)24(25,26)27)29-23(30-21(17)37-16)33-8-6-15(7-9-33)28-20(36)14(2)3/h12,14-15H,4-11,13H2,1-3H3,(H,28,36). The molecule has 1 amide bonds. The van der Waals surface area contributed by atoms with E-state index in [0.29, 0.717) is 25.6 Å². The van der Waals surface area contributed by atoms with E-state index < -0.39 is 12.0 Å². The molecule has 0 aliphatic carbocycles. The highest BCUT2D eigenvalue weighted by atomic mass is 32.1. The lowest BCUT2D eigenvalue weighted by molar-refractivity contribution is -0.147. The maximum atomic E-state index is 13.3. The molecular weight excluding hydrogens is 505 g/mol. The number of anilines is 2. The fraction of sp³-hybridized carbons (Fsp3) is 0.625. The minimum absolute atomic E-state index is 0.0509. The summed E-state index contributed by atoms with van der Waals surface area (Å²) in [6, 6.07) is 2.24. The first-order valence-electron chi connectivity index (χ1n) is 12.7. The smallest absolute Gasteiger partial charge is 0.353 e. The molecule has 1 saturated heterocycles. The molecule has 13 heteroatoms. The predicted molar refractivity (Wildman–Crippen MR) is 136 cm³/mol. The van der Waals surface area contributed by atoms with Gasteiger partial charge in [0.05, 0.1) is 11.9 Å². The summed E-state index contributed by atoms with van der Waals surface area (Å²) in [4.78, 5) is 28.1. The molecule has 1 N–H and O–H groups in total. The summed E-state index contributed by atoms with van der Waals surface area (Å²) < 4.78 is 41.1. The van der Waals surface area contributed by atoms with Crippen molar-refractivity contribution < 1.29 is 18.0 Å². The lowest BCUT2D eigenvalue weighted by Gasteiger charge is -2.34. The highest BCUT2D eigenvalue weighted by Gasteiger charge is 2.40. The SMILES string of the molecule is CCCc1cc2c(N3CCn4c(nnc4C(F)(F)F)C3)nc(N3CCC(NC(=O)C(C)C)CC3)nc2s1. The molecule has 37 heavy (non-hydrogen) atoms. The zero-order chi connectivity index (χ0) is 26.3. The largest absolute Gasteiger partial charge is 0.451 e. The maximum absolute atomic E-state index is 13.3. The molecule has 0 bridgehead atoms. The monoisotopic (exact) mass is 536 g/mol. The fourth-order valence-corrected chi connectivity index (χ4v) is 5.96. The number of amides is 1. The van der Waals surface area contributed by atoms with E-state index in [1.165, 1.54) is 4.88 Å². The van der Waals surface area contributed by atoms with Crippen LogP contribution >= 0.6 is 11.3 Å². The number of aromatic nitrogens is 5. The Morgan fingerprint density at radius 2 is 1.89 bits per heavy atom. The van der Waals surface area contributed by atoms with Gasteiger partial charge in [0.1, 0.15) is 10.6 Å². The van der Waals surface area contributed by atoms with Gasteiger partial charge in [-0.05, 0) is 25.3 Å². The summed E-state index contributed by atoms with van der Waals surface area (Å²) in [5.74, 6) is 0.666. The zero-order valence-electron chi connectivity index (χ0n) is 21.2. The zero-order valence-corrected chi connectivity index (χ0v) is 22.0. The second-order valence-electron chi connectivity index (χ2n) is 9.96. The summed E-state index contributed by atoms with van der Waals surface area (Å²) in [5, 5.41) is 11.3. The van der Waals surface area contributed by atoms with Gasteiger partial charge in [-0.1, -0.05) is 27.2 Å². The molecular formula is C24H31F3N8OS. The number of nitrogens with zero attached hydrogens (tertiary/aromatic N) is 7. The van der Waals surface area contributed by atoms with E-state index in [9.17, 15) is 18.0 Å². The third kappa shape index (κ3) is 5.23. The minimum atomic E-state index is -4.54. The Hall–Kier alpha value is -2.96. The van der Waals surface area contributed by atoms with Crippen LogP contribution in [0.25, 0.3) is 10.2 Å². The van der Waals surface area contributed by atoms with Crippen molar-refractivity contribution in [1.29, 1.82) is 0 Å². The molecule has 5 rings (SSSR count). The quantitative estimate of drug-likeness (QED) is 0.509. The molecule has 0 atom stereocenters. The lowest BCUT2D eigenvalue weighted by Crippen LogP contribution is -2.46. The minimum Gasteiger partial charge on any atom is -0.353 e. The number of thiophene rings is 1. The Bertz CT molecular complexity index is 1280. The van der Waals surface area contributed by atoms with Crippen LogP contribution in [0.4, 0.5) is 24.9 Å². The molecule has 0 aromatic carbocycles. The van der Waals surface area contributed by atoms with Gasteiger partial charge in [-0.25, -0.2) is 4.98 Å². The second-order valence-corrected chi connectivity index (χ2v) is 11.1. The van der Waals surface area contributed by atoms with Crippen molar-refractivity contribution >= 4 is 39.2 Å². The third-order valence-electron chi connectivity index (χ3n) is 6.86. The van der Waals surface area contributed by atoms with Crippen molar-refractivity contribution in [3.63, 3.8) is 0 Å². The Balaban J connectivity index is 1.42. The normalized spacial score (nSPS) is 17.1. The van der Waals surface area contributed by atoms with Crippen LogP contribution in [0.5, 0.6) is 0 Å². The molecule has 2 aliphatic rings. The number of aryl methyl sites for hydroxylation is 1. The van der Waals surface area contributed by atoms with Crippen molar-refractivity contribution in [1.82, 2.24) is 30.0 Å². The number of fused-ring (bicyclic) bond motifs is 2. The van der Waals surface area contributed by atoms with E-state index in [1.54, 1.807) is 11.3 Å². The Morgan fingerprint density at radius 1 is 1.14 bits per heavy atom. The summed E-state index contributed by atoms with van der Waals surface area (Å²) in [5.41, 5.74) is 0. The van der Waals surface area contributed by atoms with E-state index in [-0.39, 0.29) is 36.8 Å². The molecule has 2 aliphatic heterocycles. The first-order chi connectivity index (χ1) is 17.6. The van der Waals surface area contributed by atoms with Crippen molar-refractivity contribution in [2.45, 2.75) is 71.8 Å². The Morgan fingerprint density at radius 3 is 2.57 bits per heavy atom. The van der Waals surface area contributed by atoms with Gasteiger partial charge in [-0.3, -0.25) is 4.79 Å². The molecule has 3 aromatic heterocycles. The van der Waals surface area contributed by atoms with E-state index in [0.717, 1.165) is 46.3 Å². The third-order valence-corrected chi connectivity index (χ3v) is 7.95. The number of carbonyl (C=O) groups excluding carboxylic acids is 1. The van der Waals surface area contributed by atoms with Crippen LogP contribution < -0.4 is 15.1 Å². The second kappa shape index (κ2) is 10.1. The van der Waals surface area contributed by atoms with Gasteiger partial charge < -0.3 is 19.7 Å². The summed E-state index contributed by atoms with van der Waals surface area (Å²) in [6.07, 6.45) is -1.00. The predicted octanol–water partition coefficient (Wildman–Crippen LogP) is 4.02. The number of carbonyl (C=O) groups is 1. The van der Waals surface area contributed by atoms with Crippen molar-refractivity contribution in [2.24, 2.45) is 5.92 Å². The summed E-state index contributed by atoms with van der Waals surface area (Å²) in [6.45, 7) is 8.00. The number of piperidine rings is 1. The van der Waals surface area contributed by atoms with E-state index in [1.807, 2.05) is 18.7 Å². The summed E-state index contributed by atoms with van der Waals surface area (Å²) >= 11 is 1.64. The lowest BCUT2D eigenvalue weighted by atomic mass is 10.0. The van der Waals surface area contributed by atoms with Crippen LogP contribution in [0.15, 0.2) is 6.07 Å². The molecule has 200 valence electrons. The number of nitrogens with one attached hydrogen (secondary N) is 1. The molecule has 0 unspecified atom stereocenters. The molecule has 3 aromatic rings. The Kier molecular flexibility index (Phi) is 6.99. The van der Waals surface area contributed by atoms with Crippen molar-refractivity contribution in [2.75, 3.05) is 29.4 Å². The number of alkyl halides is 3. The van der Waals surface area contributed by atoms with Crippen LogP contribution in [-0.2, 0) is 30.5 Å². The average Bonchev–Trinajstić information content (AvgIpc) is 3.47. The first-order valence-corrected chi connectivity index (χ1v) is 13.6. The number of hydrogen-bond acceptors (Lipinski definition) is 8. The van der Waals surface area contributed by atoms with Crippen molar-refractivity contribution in [3.8, 4) is 0 Å². The number of hydrogen-bond donors (Lipinski definition) is 1. The topological polar surface area (TPSA) is 92.1 Å². The molecule has 0 radical (unpaired) electrons. The first kappa shape index (κ1) is 25.7. The van der Waals surface area contributed by atoms with Crippen LogP contribution in [0.3, 0.4) is 0 Å². The summed E-state index contributed by atoms with van der Waals surface area (Å²) in [7, 11) is 0. The van der Waals surface area contributed by atoms with E-state index >= 15 is 0 Å². The van der Waals surface area contributed by atoms with Crippen LogP contribution in [0.1, 0.15) is 56.6 Å². The van der Waals surface area contributed by atoms with Crippen molar-refractivity contribution in [3.05, 3.63) is 22.6 Å². The fourth-order valence-electron chi connectivity index (χ4n) is 4.84. The molecule has 0 spiro atoms. The number of halogens is 3. The van der Waals surface area contributed by atoms with Gasteiger partial charge >= 0.3 is 6.18 Å². The Labute approximate surface area is 217 Å². The van der Waals surface area contributed by atoms with Gasteiger partial charge in [-0.2, -0.15) is 18.2 Å². The van der Waals surface area contributed by atoms with Crippen LogP contribution in [0, 0.1) is 5.92 Å². The van der Waals surface area contributed by atoms with Crippen LogP contribution in [-0.4, -0.2) is 56.3 Å². The number of rotatable bonds is 6. The molecule has 0 saturated carbocycles. The highest BCUT2D eigenvalue weighted by Crippen LogP contribution is 2.36. The van der Waals surface area contributed by atoms with Crippen LogP contribution in [0.2, 0.25) is 0 Å². The van der Waals surface area contributed by atoms with E-state index in [4.69, 9.17) is 9.97 Å². The van der Waals surface area contributed by atoms with Gasteiger partial charge in [0.15, 0.2) is 5.82 Å².